The molecule has 0 aromatic carbocycles. The van der Waals surface area contributed by atoms with Gasteiger partial charge in [-0.3, -0.25) is 0 Å². The molecule has 1 unspecified atom stereocenters. The third-order valence-corrected chi connectivity index (χ3v) is 6.71. The van der Waals surface area contributed by atoms with E-state index in [1.54, 1.807) is 0 Å². The van der Waals surface area contributed by atoms with Gasteiger partial charge in [-0.25, -0.2) is 18.1 Å². The monoisotopic (exact) mass is 305 g/mol. The summed E-state index contributed by atoms with van der Waals surface area (Å²) in [7, 11) is -3.47. The van der Waals surface area contributed by atoms with Gasteiger partial charge in [-0.15, -0.1) is 0 Å². The number of nitrogens with zero attached hydrogens (tertiary/aromatic N) is 1. The van der Waals surface area contributed by atoms with E-state index in [1.807, 2.05) is 23.5 Å². The SMILES string of the molecule is Nc1cc(S(=O)(=O)NCC2CSCCS2)ccn1. The van der Waals surface area contributed by atoms with E-state index in [2.05, 4.69) is 9.71 Å². The second kappa shape index (κ2) is 6.14. The molecule has 5 nitrogen and oxygen atoms in total. The summed E-state index contributed by atoms with van der Waals surface area (Å²) in [5.74, 6) is 3.43. The van der Waals surface area contributed by atoms with Crippen molar-refractivity contribution in [1.82, 2.24) is 9.71 Å². The topological polar surface area (TPSA) is 85.1 Å². The molecule has 3 N–H and O–H groups in total. The molecule has 8 heteroatoms. The minimum Gasteiger partial charge on any atom is -0.384 e. The highest BCUT2D eigenvalue weighted by molar-refractivity contribution is 8.06. The van der Waals surface area contributed by atoms with Crippen LogP contribution >= 0.6 is 23.5 Å². The van der Waals surface area contributed by atoms with Crippen LogP contribution in [-0.2, 0) is 10.0 Å². The third kappa shape index (κ3) is 3.78. The van der Waals surface area contributed by atoms with Crippen molar-refractivity contribution in [2.24, 2.45) is 0 Å². The molecular formula is C10H15N3O2S3. The maximum Gasteiger partial charge on any atom is 0.240 e. The van der Waals surface area contributed by atoms with E-state index in [-0.39, 0.29) is 10.7 Å². The van der Waals surface area contributed by atoms with Crippen LogP contribution in [0.5, 0.6) is 0 Å². The van der Waals surface area contributed by atoms with E-state index in [9.17, 15) is 8.42 Å². The average Bonchev–Trinajstić information content (AvgIpc) is 2.38. The Morgan fingerprint density at radius 3 is 3.00 bits per heavy atom. The number of hydrogen-bond donors (Lipinski definition) is 2. The maximum atomic E-state index is 12.0. The summed E-state index contributed by atoms with van der Waals surface area (Å²) >= 11 is 3.68. The zero-order chi connectivity index (χ0) is 13.0. The number of nitrogens with two attached hydrogens (primary N) is 1. The van der Waals surface area contributed by atoms with Crippen LogP contribution in [0, 0.1) is 0 Å². The second-order valence-electron chi connectivity index (χ2n) is 3.84. The molecule has 0 bridgehead atoms. The van der Waals surface area contributed by atoms with Crippen molar-refractivity contribution >= 4 is 39.4 Å². The van der Waals surface area contributed by atoms with Crippen LogP contribution in [0.25, 0.3) is 0 Å². The summed E-state index contributed by atoms with van der Waals surface area (Å²) in [5.41, 5.74) is 5.48. The number of anilines is 1. The first-order valence-corrected chi connectivity index (χ1v) is 9.17. The van der Waals surface area contributed by atoms with Gasteiger partial charge in [0.15, 0.2) is 0 Å². The summed E-state index contributed by atoms with van der Waals surface area (Å²) in [6.07, 6.45) is 1.40. The first kappa shape index (κ1) is 14.0. The van der Waals surface area contributed by atoms with Crippen LogP contribution in [0.2, 0.25) is 0 Å². The highest BCUT2D eigenvalue weighted by Crippen LogP contribution is 2.23. The lowest BCUT2D eigenvalue weighted by Gasteiger charge is -2.21. The van der Waals surface area contributed by atoms with Crippen molar-refractivity contribution in [2.75, 3.05) is 29.5 Å². The van der Waals surface area contributed by atoms with Crippen LogP contribution in [0.3, 0.4) is 0 Å². The highest BCUT2D eigenvalue weighted by atomic mass is 32.2. The minimum absolute atomic E-state index is 0.170. The first-order valence-electron chi connectivity index (χ1n) is 5.48. The zero-order valence-corrected chi connectivity index (χ0v) is 12.2. The smallest absolute Gasteiger partial charge is 0.240 e. The van der Waals surface area contributed by atoms with Crippen LogP contribution in [0.15, 0.2) is 23.2 Å². The maximum absolute atomic E-state index is 12.0. The lowest BCUT2D eigenvalue weighted by Crippen LogP contribution is -2.33. The van der Waals surface area contributed by atoms with Gasteiger partial charge in [0.1, 0.15) is 5.82 Å². The molecular weight excluding hydrogens is 290 g/mol. The van der Waals surface area contributed by atoms with Gasteiger partial charge in [-0.1, -0.05) is 0 Å². The fourth-order valence-electron chi connectivity index (χ4n) is 1.54. The molecule has 1 aliphatic rings. The average molecular weight is 305 g/mol. The van der Waals surface area contributed by atoms with Crippen molar-refractivity contribution in [2.45, 2.75) is 10.1 Å². The first-order chi connectivity index (χ1) is 8.58. The number of nitrogens with one attached hydrogen (secondary N) is 1. The molecule has 1 fully saturated rings. The van der Waals surface area contributed by atoms with E-state index in [0.717, 1.165) is 17.3 Å². The molecule has 2 heterocycles. The summed E-state index contributed by atoms with van der Waals surface area (Å²) in [4.78, 5) is 3.95. The molecule has 0 spiro atoms. The molecule has 2 rings (SSSR count). The molecule has 1 aromatic rings. The predicted octanol–water partition coefficient (Wildman–Crippen LogP) is 0.791. The van der Waals surface area contributed by atoms with E-state index >= 15 is 0 Å². The molecule has 1 aromatic heterocycles. The Morgan fingerprint density at radius 2 is 2.33 bits per heavy atom. The Morgan fingerprint density at radius 1 is 1.50 bits per heavy atom. The number of nitrogen functional groups attached to an aromatic ring is 1. The number of sulfonamides is 1. The molecule has 18 heavy (non-hydrogen) atoms. The third-order valence-electron chi connectivity index (χ3n) is 2.45. The van der Waals surface area contributed by atoms with Gasteiger partial charge in [0.2, 0.25) is 10.0 Å². The van der Waals surface area contributed by atoms with Crippen LogP contribution in [0.1, 0.15) is 0 Å². The number of thioether (sulfide) groups is 2. The van der Waals surface area contributed by atoms with Crippen LogP contribution < -0.4 is 10.5 Å². The predicted molar refractivity (Wildman–Crippen MR) is 77.4 cm³/mol. The zero-order valence-electron chi connectivity index (χ0n) is 9.70. The molecule has 0 saturated carbocycles. The Kier molecular flexibility index (Phi) is 4.77. The van der Waals surface area contributed by atoms with E-state index in [1.165, 1.54) is 18.3 Å². The van der Waals surface area contributed by atoms with Gasteiger partial charge in [0, 0.05) is 41.3 Å². The quantitative estimate of drug-likeness (QED) is 0.855. The number of aromatic nitrogens is 1. The molecule has 100 valence electrons. The van der Waals surface area contributed by atoms with Crippen molar-refractivity contribution < 1.29 is 8.42 Å². The lowest BCUT2D eigenvalue weighted by molar-refractivity contribution is 0.581. The van der Waals surface area contributed by atoms with Crippen molar-refractivity contribution in [3.63, 3.8) is 0 Å². The van der Waals surface area contributed by atoms with Crippen molar-refractivity contribution in [1.29, 1.82) is 0 Å². The molecule has 0 radical (unpaired) electrons. The van der Waals surface area contributed by atoms with Gasteiger partial charge >= 0.3 is 0 Å². The minimum atomic E-state index is -3.47. The molecule has 0 aliphatic carbocycles. The van der Waals surface area contributed by atoms with Gasteiger partial charge in [0.05, 0.1) is 4.90 Å². The summed E-state index contributed by atoms with van der Waals surface area (Å²) in [6, 6.07) is 2.81. The van der Waals surface area contributed by atoms with E-state index in [4.69, 9.17) is 5.73 Å². The fraction of sp³-hybridized carbons (Fsp3) is 0.500. The molecule has 0 amide bonds. The highest BCUT2D eigenvalue weighted by Gasteiger charge is 2.19. The van der Waals surface area contributed by atoms with Gasteiger partial charge < -0.3 is 5.73 Å². The summed E-state index contributed by atoms with van der Waals surface area (Å²) in [5, 5.41) is 0.345. The number of rotatable bonds is 4. The van der Waals surface area contributed by atoms with Crippen molar-refractivity contribution in [3.05, 3.63) is 18.3 Å². The summed E-state index contributed by atoms with van der Waals surface area (Å²) < 4.78 is 26.7. The van der Waals surface area contributed by atoms with Gasteiger partial charge in [-0.05, 0) is 6.07 Å². The molecule has 1 aliphatic heterocycles. The standard InChI is InChI=1S/C10H15N3O2S3/c11-10-5-9(1-2-12-10)18(14,15)13-6-8-7-16-3-4-17-8/h1-2,5,8,13H,3-4,6-7H2,(H2,11,12). The fourth-order valence-corrected chi connectivity index (χ4v) is 5.36. The number of hydrogen-bond acceptors (Lipinski definition) is 6. The molecule has 1 atom stereocenters. The Labute approximate surface area is 115 Å². The van der Waals surface area contributed by atoms with E-state index in [0.29, 0.717) is 11.8 Å². The van der Waals surface area contributed by atoms with Gasteiger partial charge in [-0.2, -0.15) is 23.5 Å². The molecule has 1 saturated heterocycles. The van der Waals surface area contributed by atoms with Crippen LogP contribution in [0.4, 0.5) is 5.82 Å². The van der Waals surface area contributed by atoms with E-state index < -0.39 is 10.0 Å². The Bertz CT molecular complexity index is 501. The lowest BCUT2D eigenvalue weighted by atomic mass is 10.5. The van der Waals surface area contributed by atoms with Gasteiger partial charge in [0.25, 0.3) is 0 Å². The Balaban J connectivity index is 1.98. The largest absolute Gasteiger partial charge is 0.384 e. The Hall–Kier alpha value is -0.440. The number of pyridine rings is 1. The summed E-state index contributed by atoms with van der Waals surface area (Å²) in [6.45, 7) is 0.461. The normalized spacial score (nSPS) is 20.8. The van der Waals surface area contributed by atoms with Crippen LogP contribution in [-0.4, -0.2) is 42.5 Å². The van der Waals surface area contributed by atoms with Crippen molar-refractivity contribution in [3.8, 4) is 0 Å². The second-order valence-corrected chi connectivity index (χ2v) is 8.16.